The first-order valence-electron chi connectivity index (χ1n) is 4.73. The van der Waals surface area contributed by atoms with Crippen molar-refractivity contribution in [2.75, 3.05) is 20.3 Å². The Morgan fingerprint density at radius 3 is 2.81 bits per heavy atom. The fourth-order valence-corrected chi connectivity index (χ4v) is 1.11. The van der Waals surface area contributed by atoms with E-state index in [1.165, 1.54) is 13.0 Å². The molecule has 0 atom stereocenters. The summed E-state index contributed by atoms with van der Waals surface area (Å²) in [7, 11) is 1.56. The Hall–Kier alpha value is -1.93. The number of hydrogen-bond donors (Lipinski definition) is 0. The molecule has 84 valence electrons. The first-order chi connectivity index (χ1) is 7.69. The van der Waals surface area contributed by atoms with Crippen LogP contribution in [0.3, 0.4) is 0 Å². The zero-order chi connectivity index (χ0) is 12.0. The second kappa shape index (κ2) is 5.83. The first-order valence-corrected chi connectivity index (χ1v) is 4.73. The highest BCUT2D eigenvalue weighted by Gasteiger charge is 2.11. The van der Waals surface area contributed by atoms with Crippen LogP contribution in [0.25, 0.3) is 0 Å². The summed E-state index contributed by atoms with van der Waals surface area (Å²) in [6.07, 6.45) is 0. The molecule has 0 aromatic carbocycles. The summed E-state index contributed by atoms with van der Waals surface area (Å²) < 4.78 is 10.1. The molecular weight excluding hydrogens is 208 g/mol. The predicted octanol–water partition coefficient (Wildman–Crippen LogP) is 1.18. The number of carbonyl (C=O) groups is 1. The van der Waals surface area contributed by atoms with Crippen molar-refractivity contribution in [3.05, 3.63) is 23.5 Å². The van der Waals surface area contributed by atoms with Crippen LogP contribution in [0, 0.1) is 11.3 Å². The summed E-state index contributed by atoms with van der Waals surface area (Å²) in [5.41, 5.74) is 0.374. The molecule has 1 aromatic heterocycles. The van der Waals surface area contributed by atoms with Gasteiger partial charge in [-0.3, -0.25) is 4.79 Å². The van der Waals surface area contributed by atoms with Gasteiger partial charge in [0.25, 0.3) is 0 Å². The zero-order valence-corrected chi connectivity index (χ0v) is 9.19. The van der Waals surface area contributed by atoms with Gasteiger partial charge >= 0.3 is 0 Å². The van der Waals surface area contributed by atoms with E-state index in [2.05, 4.69) is 4.98 Å². The molecule has 16 heavy (non-hydrogen) atoms. The summed E-state index contributed by atoms with van der Waals surface area (Å²) in [5.74, 6) is 0.146. The molecule has 0 unspecified atom stereocenters. The van der Waals surface area contributed by atoms with Crippen LogP contribution in [0.2, 0.25) is 0 Å². The third-order valence-electron chi connectivity index (χ3n) is 1.85. The van der Waals surface area contributed by atoms with Crippen molar-refractivity contribution >= 4 is 5.78 Å². The highest BCUT2D eigenvalue weighted by molar-refractivity contribution is 5.94. The monoisotopic (exact) mass is 220 g/mol. The maximum atomic E-state index is 11.3. The highest BCUT2D eigenvalue weighted by Crippen LogP contribution is 2.17. The van der Waals surface area contributed by atoms with Crippen LogP contribution in [0.4, 0.5) is 0 Å². The maximum absolute atomic E-state index is 11.3. The number of aromatic nitrogens is 1. The van der Waals surface area contributed by atoms with Gasteiger partial charge in [0, 0.05) is 14.0 Å². The van der Waals surface area contributed by atoms with Gasteiger partial charge in [-0.2, -0.15) is 5.26 Å². The number of nitriles is 1. The van der Waals surface area contributed by atoms with E-state index in [4.69, 9.17) is 14.7 Å². The van der Waals surface area contributed by atoms with E-state index in [0.29, 0.717) is 19.0 Å². The largest absolute Gasteiger partial charge is 0.489 e. The Balaban J connectivity index is 2.91. The van der Waals surface area contributed by atoms with Crippen molar-refractivity contribution in [2.45, 2.75) is 6.92 Å². The van der Waals surface area contributed by atoms with Crippen molar-refractivity contribution in [3.8, 4) is 11.8 Å². The molecule has 5 heteroatoms. The minimum Gasteiger partial charge on any atom is -0.489 e. The average Bonchev–Trinajstić information content (AvgIpc) is 2.29. The number of methoxy groups -OCH3 is 1. The molecule has 0 aliphatic rings. The van der Waals surface area contributed by atoms with Crippen LogP contribution in [0.15, 0.2) is 12.1 Å². The molecule has 0 bridgehead atoms. The molecule has 0 N–H and O–H groups in total. The van der Waals surface area contributed by atoms with Crippen molar-refractivity contribution < 1.29 is 14.3 Å². The van der Waals surface area contributed by atoms with Crippen LogP contribution >= 0.6 is 0 Å². The zero-order valence-electron chi connectivity index (χ0n) is 9.19. The number of hydrogen-bond acceptors (Lipinski definition) is 5. The molecule has 1 heterocycles. The number of carbonyl (C=O) groups excluding carboxylic acids is 1. The van der Waals surface area contributed by atoms with E-state index in [1.807, 2.05) is 6.07 Å². The number of Topliss-reactive ketones (excluding diaryl/α,β-unsaturated/α-hetero) is 1. The lowest BCUT2D eigenvalue weighted by Gasteiger charge is -2.08. The molecule has 1 rings (SSSR count). The predicted molar refractivity (Wildman–Crippen MR) is 56.3 cm³/mol. The Labute approximate surface area is 93.6 Å². The second-order valence-corrected chi connectivity index (χ2v) is 3.05. The third-order valence-corrected chi connectivity index (χ3v) is 1.85. The lowest BCUT2D eigenvalue weighted by atomic mass is 10.2. The van der Waals surface area contributed by atoms with E-state index in [9.17, 15) is 4.79 Å². The summed E-state index contributed by atoms with van der Waals surface area (Å²) in [6, 6.07) is 4.95. The maximum Gasteiger partial charge on any atom is 0.181 e. The van der Waals surface area contributed by atoms with Crippen molar-refractivity contribution in [2.24, 2.45) is 0 Å². The van der Waals surface area contributed by atoms with Gasteiger partial charge in [0.2, 0.25) is 0 Å². The molecule has 1 aromatic rings. The molecule has 0 aliphatic carbocycles. The molecular formula is C11H12N2O3. The normalized spacial score (nSPS) is 9.56. The summed E-state index contributed by atoms with van der Waals surface area (Å²) in [6.45, 7) is 2.15. The highest BCUT2D eigenvalue weighted by atomic mass is 16.5. The SMILES string of the molecule is COCCOc1ccc(C#N)nc1C(C)=O. The first kappa shape index (κ1) is 12.1. The summed E-state index contributed by atoms with van der Waals surface area (Å²) in [5, 5.41) is 8.66. The van der Waals surface area contributed by atoms with Gasteiger partial charge in [0.15, 0.2) is 5.78 Å². The quantitative estimate of drug-likeness (QED) is 0.550. The minimum atomic E-state index is -0.232. The minimum absolute atomic E-state index is 0.176. The van der Waals surface area contributed by atoms with E-state index in [0.717, 1.165) is 0 Å². The van der Waals surface area contributed by atoms with Crippen LogP contribution in [-0.2, 0) is 4.74 Å². The molecule has 0 spiro atoms. The number of rotatable bonds is 5. The molecule has 0 saturated heterocycles. The Morgan fingerprint density at radius 2 is 2.25 bits per heavy atom. The third kappa shape index (κ3) is 3.04. The second-order valence-electron chi connectivity index (χ2n) is 3.05. The van der Waals surface area contributed by atoms with E-state index in [1.54, 1.807) is 13.2 Å². The molecule has 0 saturated carbocycles. The Kier molecular flexibility index (Phi) is 4.42. The molecule has 0 aliphatic heterocycles. The van der Waals surface area contributed by atoms with Gasteiger partial charge in [-0.15, -0.1) is 0 Å². The van der Waals surface area contributed by atoms with E-state index >= 15 is 0 Å². The molecule has 0 fully saturated rings. The number of ketones is 1. The summed E-state index contributed by atoms with van der Waals surface area (Å²) in [4.78, 5) is 15.2. The fraction of sp³-hybridized carbons (Fsp3) is 0.364. The van der Waals surface area contributed by atoms with Gasteiger partial charge in [0.1, 0.15) is 29.8 Å². The van der Waals surface area contributed by atoms with Gasteiger partial charge in [-0.25, -0.2) is 4.98 Å². The van der Waals surface area contributed by atoms with Crippen LogP contribution in [-0.4, -0.2) is 31.1 Å². The summed E-state index contributed by atoms with van der Waals surface area (Å²) >= 11 is 0. The molecule has 5 nitrogen and oxygen atoms in total. The van der Waals surface area contributed by atoms with Crippen molar-refractivity contribution in [1.82, 2.24) is 4.98 Å². The topological polar surface area (TPSA) is 72.2 Å². The van der Waals surface area contributed by atoms with Crippen molar-refractivity contribution in [3.63, 3.8) is 0 Å². The van der Waals surface area contributed by atoms with Crippen molar-refractivity contribution in [1.29, 1.82) is 5.26 Å². The van der Waals surface area contributed by atoms with Gasteiger partial charge < -0.3 is 9.47 Å². The Bertz CT molecular complexity index is 424. The smallest absolute Gasteiger partial charge is 0.181 e. The van der Waals surface area contributed by atoms with Gasteiger partial charge in [0.05, 0.1) is 6.61 Å². The van der Waals surface area contributed by atoms with E-state index in [-0.39, 0.29) is 17.2 Å². The lowest BCUT2D eigenvalue weighted by Crippen LogP contribution is -2.09. The number of nitrogens with zero attached hydrogens (tertiary/aromatic N) is 2. The van der Waals surface area contributed by atoms with Gasteiger partial charge in [-0.05, 0) is 12.1 Å². The lowest BCUT2D eigenvalue weighted by molar-refractivity contribution is 0.0999. The van der Waals surface area contributed by atoms with E-state index < -0.39 is 0 Å². The Morgan fingerprint density at radius 1 is 1.50 bits per heavy atom. The van der Waals surface area contributed by atoms with Crippen LogP contribution in [0.1, 0.15) is 23.1 Å². The van der Waals surface area contributed by atoms with Gasteiger partial charge in [-0.1, -0.05) is 0 Å². The molecule has 0 amide bonds. The fourth-order valence-electron chi connectivity index (χ4n) is 1.11. The number of ether oxygens (including phenoxy) is 2. The van der Waals surface area contributed by atoms with Crippen LogP contribution < -0.4 is 4.74 Å². The van der Waals surface area contributed by atoms with Crippen LogP contribution in [0.5, 0.6) is 5.75 Å². The number of pyridine rings is 1. The molecule has 0 radical (unpaired) electrons. The average molecular weight is 220 g/mol. The standard InChI is InChI=1S/C11H12N2O3/c1-8(14)11-10(16-6-5-15-2)4-3-9(7-12)13-11/h3-4H,5-6H2,1-2H3.